The normalized spacial score (nSPS) is 12.8. The largest absolute Gasteiger partial charge is 0.462 e. The number of amides is 1. The number of benzene rings is 2. The van der Waals surface area contributed by atoms with Gasteiger partial charge in [-0.3, -0.25) is 4.79 Å². The molecule has 1 saturated carbocycles. The number of anilines is 1. The summed E-state index contributed by atoms with van der Waals surface area (Å²) in [6.45, 7) is 1.57. The molecule has 0 aliphatic heterocycles. The third-order valence-electron chi connectivity index (χ3n) is 4.95. The van der Waals surface area contributed by atoms with Gasteiger partial charge in [0, 0.05) is 11.6 Å². The number of carbonyl (C=O) groups is 3. The van der Waals surface area contributed by atoms with E-state index in [1.165, 1.54) is 0 Å². The van der Waals surface area contributed by atoms with Crippen LogP contribution in [0.3, 0.4) is 0 Å². The van der Waals surface area contributed by atoms with Crippen molar-refractivity contribution in [2.24, 2.45) is 0 Å². The van der Waals surface area contributed by atoms with Gasteiger partial charge in [0.1, 0.15) is 0 Å². The van der Waals surface area contributed by atoms with Crippen LogP contribution in [0.25, 0.3) is 5.69 Å². The maximum Gasteiger partial charge on any atom is 0.357 e. The van der Waals surface area contributed by atoms with E-state index in [9.17, 15) is 14.4 Å². The second-order valence-electron chi connectivity index (χ2n) is 7.40. The molecule has 8 heteroatoms. The van der Waals surface area contributed by atoms with Gasteiger partial charge in [-0.2, -0.15) is 5.10 Å². The number of ether oxygens (including phenoxy) is 2. The van der Waals surface area contributed by atoms with Crippen molar-refractivity contribution in [3.63, 3.8) is 0 Å². The molecule has 4 rings (SSSR count). The maximum absolute atomic E-state index is 12.7. The minimum atomic E-state index is -0.624. The molecule has 0 bridgehead atoms. The number of rotatable bonds is 8. The SMILES string of the molecule is CCOC(=O)c1ccc(NC(=O)COC(=O)c2cc(C3CC3)nn2-c2ccccc2)cc1. The first-order valence-corrected chi connectivity index (χ1v) is 10.4. The molecule has 1 fully saturated rings. The van der Waals surface area contributed by atoms with Crippen LogP contribution in [0.2, 0.25) is 0 Å². The molecule has 32 heavy (non-hydrogen) atoms. The highest BCUT2D eigenvalue weighted by molar-refractivity contribution is 5.96. The lowest BCUT2D eigenvalue weighted by atomic mass is 10.2. The number of nitrogens with zero attached hydrogens (tertiary/aromatic N) is 2. The average molecular weight is 433 g/mol. The monoisotopic (exact) mass is 433 g/mol. The Kier molecular flexibility index (Phi) is 6.30. The zero-order valence-corrected chi connectivity index (χ0v) is 17.6. The fourth-order valence-electron chi connectivity index (χ4n) is 3.20. The van der Waals surface area contributed by atoms with Crippen LogP contribution in [-0.2, 0) is 14.3 Å². The number of hydrogen-bond donors (Lipinski definition) is 1. The summed E-state index contributed by atoms with van der Waals surface area (Å²) in [5.74, 6) is -1.18. The highest BCUT2D eigenvalue weighted by atomic mass is 16.5. The zero-order valence-electron chi connectivity index (χ0n) is 17.6. The van der Waals surface area contributed by atoms with E-state index in [0.717, 1.165) is 24.2 Å². The molecule has 164 valence electrons. The molecule has 1 amide bonds. The third kappa shape index (κ3) is 5.03. The highest BCUT2D eigenvalue weighted by Gasteiger charge is 2.29. The average Bonchev–Trinajstić information content (AvgIpc) is 3.57. The molecular weight excluding hydrogens is 410 g/mol. The van der Waals surface area contributed by atoms with Crippen molar-refractivity contribution in [3.05, 3.63) is 77.6 Å². The van der Waals surface area contributed by atoms with Crippen LogP contribution in [0.5, 0.6) is 0 Å². The van der Waals surface area contributed by atoms with Crippen LogP contribution in [0.15, 0.2) is 60.7 Å². The first kappa shape index (κ1) is 21.3. The van der Waals surface area contributed by atoms with Crippen LogP contribution in [0.1, 0.15) is 52.2 Å². The minimum absolute atomic E-state index is 0.282. The first-order valence-electron chi connectivity index (χ1n) is 10.4. The predicted molar refractivity (Wildman–Crippen MR) is 117 cm³/mol. The molecule has 0 saturated heterocycles. The molecule has 8 nitrogen and oxygen atoms in total. The lowest BCUT2D eigenvalue weighted by Gasteiger charge is -2.09. The van der Waals surface area contributed by atoms with Gasteiger partial charge in [0.2, 0.25) is 0 Å². The molecule has 1 N–H and O–H groups in total. The topological polar surface area (TPSA) is 99.5 Å². The summed E-state index contributed by atoms with van der Waals surface area (Å²) in [7, 11) is 0. The molecule has 1 heterocycles. The zero-order chi connectivity index (χ0) is 22.5. The minimum Gasteiger partial charge on any atom is -0.462 e. The summed E-state index contributed by atoms with van der Waals surface area (Å²) in [6, 6.07) is 17.3. The lowest BCUT2D eigenvalue weighted by molar-refractivity contribution is -0.119. The standard InChI is InChI=1S/C24H23N3O5/c1-2-31-23(29)17-10-12-18(13-11-17)25-22(28)15-32-24(30)21-14-20(16-8-9-16)26-27(21)19-6-4-3-5-7-19/h3-7,10-14,16H,2,8-9,15H2,1H3,(H,25,28). The summed E-state index contributed by atoms with van der Waals surface area (Å²) < 4.78 is 11.7. The molecule has 1 aliphatic carbocycles. The Morgan fingerprint density at radius 2 is 1.72 bits per heavy atom. The summed E-state index contributed by atoms with van der Waals surface area (Å²) in [4.78, 5) is 36.7. The van der Waals surface area contributed by atoms with Crippen molar-refractivity contribution in [2.45, 2.75) is 25.7 Å². The van der Waals surface area contributed by atoms with Crippen LogP contribution in [0.4, 0.5) is 5.69 Å². The Morgan fingerprint density at radius 1 is 1.00 bits per heavy atom. The van der Waals surface area contributed by atoms with Crippen molar-refractivity contribution in [1.29, 1.82) is 0 Å². The van der Waals surface area contributed by atoms with Gasteiger partial charge in [-0.1, -0.05) is 18.2 Å². The van der Waals surface area contributed by atoms with Gasteiger partial charge in [0.15, 0.2) is 12.3 Å². The number of nitrogens with one attached hydrogen (secondary N) is 1. The predicted octanol–water partition coefficient (Wildman–Crippen LogP) is 3.72. The maximum atomic E-state index is 12.7. The van der Waals surface area contributed by atoms with Crippen molar-refractivity contribution in [3.8, 4) is 5.69 Å². The molecule has 0 atom stereocenters. The van der Waals surface area contributed by atoms with E-state index in [-0.39, 0.29) is 12.3 Å². The summed E-state index contributed by atoms with van der Waals surface area (Å²) in [5.41, 5.74) is 2.75. The molecule has 2 aromatic carbocycles. The summed E-state index contributed by atoms with van der Waals surface area (Å²) >= 11 is 0. The number of carbonyl (C=O) groups excluding carboxylic acids is 3. The Balaban J connectivity index is 1.38. The number of hydrogen-bond acceptors (Lipinski definition) is 6. The van der Waals surface area contributed by atoms with Gasteiger partial charge in [-0.05, 0) is 62.2 Å². The van der Waals surface area contributed by atoms with Gasteiger partial charge < -0.3 is 14.8 Å². The number of esters is 2. The molecule has 0 radical (unpaired) electrons. The second kappa shape index (κ2) is 9.47. The van der Waals surface area contributed by atoms with E-state index in [2.05, 4.69) is 10.4 Å². The van der Waals surface area contributed by atoms with E-state index < -0.39 is 24.5 Å². The van der Waals surface area contributed by atoms with E-state index >= 15 is 0 Å². The smallest absolute Gasteiger partial charge is 0.357 e. The molecule has 3 aromatic rings. The van der Waals surface area contributed by atoms with Crippen LogP contribution >= 0.6 is 0 Å². The van der Waals surface area contributed by atoms with E-state index in [1.54, 1.807) is 41.9 Å². The number of para-hydroxylation sites is 1. The second-order valence-corrected chi connectivity index (χ2v) is 7.40. The molecule has 0 unspecified atom stereocenters. The van der Waals surface area contributed by atoms with E-state index in [4.69, 9.17) is 9.47 Å². The van der Waals surface area contributed by atoms with Gasteiger partial charge in [-0.25, -0.2) is 14.3 Å². The Hall–Kier alpha value is -3.94. The molecule has 1 aliphatic rings. The van der Waals surface area contributed by atoms with Crippen molar-refractivity contribution in [1.82, 2.24) is 9.78 Å². The third-order valence-corrected chi connectivity index (χ3v) is 4.95. The van der Waals surface area contributed by atoms with Gasteiger partial charge in [0.25, 0.3) is 5.91 Å². The fraction of sp³-hybridized carbons (Fsp3) is 0.250. The fourth-order valence-corrected chi connectivity index (χ4v) is 3.20. The number of aromatic nitrogens is 2. The molecule has 1 aromatic heterocycles. The molecule has 0 spiro atoms. The van der Waals surface area contributed by atoms with Crippen molar-refractivity contribution >= 4 is 23.5 Å². The molecular formula is C24H23N3O5. The van der Waals surface area contributed by atoms with Gasteiger partial charge in [0.05, 0.1) is 23.6 Å². The Labute approximate surface area is 185 Å². The Bertz CT molecular complexity index is 1120. The van der Waals surface area contributed by atoms with Crippen LogP contribution in [-0.4, -0.2) is 40.8 Å². The highest BCUT2D eigenvalue weighted by Crippen LogP contribution is 2.39. The van der Waals surface area contributed by atoms with Crippen LogP contribution in [0, 0.1) is 0 Å². The van der Waals surface area contributed by atoms with Gasteiger partial charge >= 0.3 is 11.9 Å². The van der Waals surface area contributed by atoms with Crippen molar-refractivity contribution < 1.29 is 23.9 Å². The summed E-state index contributed by atoms with van der Waals surface area (Å²) in [5, 5.41) is 7.21. The quantitative estimate of drug-likeness (QED) is 0.544. The van der Waals surface area contributed by atoms with E-state index in [1.807, 2.05) is 30.3 Å². The van der Waals surface area contributed by atoms with E-state index in [0.29, 0.717) is 17.2 Å². The van der Waals surface area contributed by atoms with Gasteiger partial charge in [-0.15, -0.1) is 0 Å². The Morgan fingerprint density at radius 3 is 2.38 bits per heavy atom. The first-order chi connectivity index (χ1) is 15.5. The van der Waals surface area contributed by atoms with Crippen LogP contribution < -0.4 is 5.32 Å². The lowest BCUT2D eigenvalue weighted by Crippen LogP contribution is -2.22. The summed E-state index contributed by atoms with van der Waals surface area (Å²) in [6.07, 6.45) is 2.11. The van der Waals surface area contributed by atoms with Crippen molar-refractivity contribution in [2.75, 3.05) is 18.5 Å².